The number of aromatic amines is 1. The number of halogens is 2. The van der Waals surface area contributed by atoms with Crippen LogP contribution in [0.1, 0.15) is 15.9 Å². The van der Waals surface area contributed by atoms with Gasteiger partial charge >= 0.3 is 5.97 Å². The molecule has 1 heterocycles. The number of ether oxygens (including phenoxy) is 1. The maximum Gasteiger partial charge on any atom is 0.316 e. The second-order valence-corrected chi connectivity index (χ2v) is 7.11. The number of nitrogens with one attached hydrogen (secondary N) is 2. The number of benzene rings is 2. The minimum atomic E-state index is -1.21. The van der Waals surface area contributed by atoms with E-state index in [1.165, 1.54) is 0 Å². The molecule has 1 amide bonds. The SMILES string of the molecule is Nc1nc(SCC(=O)OCc2ccccc2)[nH]c(=O)c1NC(=O)c1ccc(F)c(F)c1. The average Bonchev–Trinajstić information content (AvgIpc) is 2.75. The number of nitrogens with zero attached hydrogens (tertiary/aromatic N) is 1. The fourth-order valence-corrected chi connectivity index (χ4v) is 3.05. The number of carbonyl (C=O) groups is 2. The molecule has 0 aliphatic carbocycles. The van der Waals surface area contributed by atoms with Crippen LogP contribution in [0.5, 0.6) is 0 Å². The van der Waals surface area contributed by atoms with Crippen LogP contribution in [0.4, 0.5) is 20.3 Å². The maximum absolute atomic E-state index is 13.3. The van der Waals surface area contributed by atoms with Gasteiger partial charge in [-0.15, -0.1) is 0 Å². The van der Waals surface area contributed by atoms with Gasteiger partial charge in [0.1, 0.15) is 12.3 Å². The van der Waals surface area contributed by atoms with Gasteiger partial charge in [-0.05, 0) is 23.8 Å². The van der Waals surface area contributed by atoms with E-state index in [2.05, 4.69) is 15.3 Å². The molecule has 2 aromatic carbocycles. The fourth-order valence-electron chi connectivity index (χ4n) is 2.39. The van der Waals surface area contributed by atoms with Gasteiger partial charge in [0.2, 0.25) is 0 Å². The Morgan fingerprint density at radius 1 is 1.13 bits per heavy atom. The molecule has 0 saturated carbocycles. The zero-order valence-corrected chi connectivity index (χ0v) is 16.7. The topological polar surface area (TPSA) is 127 Å². The van der Waals surface area contributed by atoms with Gasteiger partial charge in [0, 0.05) is 5.56 Å². The second-order valence-electron chi connectivity index (χ2n) is 6.15. The lowest BCUT2D eigenvalue weighted by Gasteiger charge is -2.09. The van der Waals surface area contributed by atoms with Crippen LogP contribution < -0.4 is 16.6 Å². The predicted molar refractivity (Wildman–Crippen MR) is 111 cm³/mol. The summed E-state index contributed by atoms with van der Waals surface area (Å²) >= 11 is 0.894. The zero-order valence-electron chi connectivity index (χ0n) is 15.9. The van der Waals surface area contributed by atoms with Gasteiger partial charge in [0.25, 0.3) is 11.5 Å². The first kappa shape index (κ1) is 22.0. The van der Waals surface area contributed by atoms with E-state index in [1.807, 2.05) is 30.3 Å². The Morgan fingerprint density at radius 2 is 1.87 bits per heavy atom. The fraction of sp³-hybridized carbons (Fsp3) is 0.100. The van der Waals surface area contributed by atoms with Crippen LogP contribution in [0.15, 0.2) is 58.5 Å². The lowest BCUT2D eigenvalue weighted by molar-refractivity contribution is -0.141. The molecule has 0 spiro atoms. The van der Waals surface area contributed by atoms with E-state index in [-0.39, 0.29) is 34.6 Å². The molecule has 1 aromatic heterocycles. The molecule has 8 nitrogen and oxygen atoms in total. The Labute approximate surface area is 178 Å². The Bertz CT molecular complexity index is 1170. The van der Waals surface area contributed by atoms with Crippen molar-refractivity contribution in [1.82, 2.24) is 9.97 Å². The quantitative estimate of drug-likeness (QED) is 0.289. The molecule has 11 heteroatoms. The summed E-state index contributed by atoms with van der Waals surface area (Å²) in [4.78, 5) is 42.6. The Morgan fingerprint density at radius 3 is 2.55 bits per heavy atom. The van der Waals surface area contributed by atoms with Crippen molar-refractivity contribution in [1.29, 1.82) is 0 Å². The number of aromatic nitrogens is 2. The van der Waals surface area contributed by atoms with Crippen LogP contribution in [0, 0.1) is 11.6 Å². The zero-order chi connectivity index (χ0) is 22.4. The first-order valence-corrected chi connectivity index (χ1v) is 9.80. The van der Waals surface area contributed by atoms with Gasteiger partial charge in [-0.1, -0.05) is 42.1 Å². The number of H-pyrrole nitrogens is 1. The van der Waals surface area contributed by atoms with Gasteiger partial charge < -0.3 is 15.8 Å². The van der Waals surface area contributed by atoms with Crippen LogP contribution in [-0.2, 0) is 16.1 Å². The minimum absolute atomic E-state index is 0.0463. The van der Waals surface area contributed by atoms with Gasteiger partial charge in [-0.2, -0.15) is 0 Å². The van der Waals surface area contributed by atoms with Crippen molar-refractivity contribution in [3.8, 4) is 0 Å². The van der Waals surface area contributed by atoms with E-state index >= 15 is 0 Å². The molecule has 0 atom stereocenters. The smallest absolute Gasteiger partial charge is 0.316 e. The monoisotopic (exact) mass is 446 g/mol. The highest BCUT2D eigenvalue weighted by Gasteiger charge is 2.16. The molecule has 3 aromatic rings. The van der Waals surface area contributed by atoms with Crippen LogP contribution in [0.25, 0.3) is 0 Å². The molecule has 3 rings (SSSR count). The molecule has 31 heavy (non-hydrogen) atoms. The largest absolute Gasteiger partial charge is 0.460 e. The molecule has 0 aliphatic heterocycles. The minimum Gasteiger partial charge on any atom is -0.460 e. The van der Waals surface area contributed by atoms with E-state index < -0.39 is 29.1 Å². The third-order valence-corrected chi connectivity index (χ3v) is 4.76. The standard InChI is InChI=1S/C20H16F2N4O4S/c21-13-7-6-12(8-14(13)22)18(28)24-16-17(23)25-20(26-19(16)29)31-10-15(27)30-9-11-4-2-1-3-5-11/h1-8H,9-10H2,(H,24,28)(H3,23,25,26,29). The first-order chi connectivity index (χ1) is 14.8. The van der Waals surface area contributed by atoms with Crippen molar-refractivity contribution in [3.63, 3.8) is 0 Å². The highest BCUT2D eigenvalue weighted by molar-refractivity contribution is 7.99. The Balaban J connectivity index is 1.60. The van der Waals surface area contributed by atoms with Crippen molar-refractivity contribution in [3.05, 3.63) is 81.6 Å². The van der Waals surface area contributed by atoms with Crippen LogP contribution in [-0.4, -0.2) is 27.6 Å². The summed E-state index contributed by atoms with van der Waals surface area (Å²) in [6.07, 6.45) is 0. The van der Waals surface area contributed by atoms with Gasteiger partial charge in [0.15, 0.2) is 22.6 Å². The van der Waals surface area contributed by atoms with Crippen molar-refractivity contribution >= 4 is 35.1 Å². The van der Waals surface area contributed by atoms with Crippen LogP contribution in [0.3, 0.4) is 0 Å². The average molecular weight is 446 g/mol. The van der Waals surface area contributed by atoms with Gasteiger partial charge in [-0.3, -0.25) is 19.4 Å². The molecule has 0 bridgehead atoms. The number of anilines is 2. The number of thioether (sulfide) groups is 1. The Hall–Kier alpha value is -3.73. The number of nitrogen functional groups attached to an aromatic ring is 1. The molecule has 0 fully saturated rings. The summed E-state index contributed by atoms with van der Waals surface area (Å²) in [5.74, 6) is -4.15. The van der Waals surface area contributed by atoms with Crippen molar-refractivity contribution in [2.45, 2.75) is 11.8 Å². The molecule has 0 saturated heterocycles. The third-order valence-electron chi connectivity index (χ3n) is 3.92. The highest BCUT2D eigenvalue weighted by Crippen LogP contribution is 2.18. The highest BCUT2D eigenvalue weighted by atomic mass is 32.2. The predicted octanol–water partition coefficient (Wildman–Crippen LogP) is 2.72. The number of rotatable bonds is 7. The van der Waals surface area contributed by atoms with Gasteiger partial charge in [0.05, 0.1) is 5.75 Å². The summed E-state index contributed by atoms with van der Waals surface area (Å²) in [6.45, 7) is 0.112. The number of amides is 1. The van der Waals surface area contributed by atoms with E-state index in [1.54, 1.807) is 0 Å². The summed E-state index contributed by atoms with van der Waals surface area (Å²) in [5, 5.41) is 2.26. The van der Waals surface area contributed by atoms with E-state index in [4.69, 9.17) is 10.5 Å². The molecule has 0 aliphatic rings. The van der Waals surface area contributed by atoms with E-state index in [0.29, 0.717) is 6.07 Å². The number of hydrogen-bond donors (Lipinski definition) is 3. The number of esters is 1. The summed E-state index contributed by atoms with van der Waals surface area (Å²) in [6, 6.07) is 11.6. The van der Waals surface area contributed by atoms with E-state index in [9.17, 15) is 23.2 Å². The Kier molecular flexibility index (Phi) is 6.98. The third kappa shape index (κ3) is 5.89. The molecule has 0 radical (unpaired) electrons. The van der Waals surface area contributed by atoms with Crippen molar-refractivity contribution in [2.75, 3.05) is 16.8 Å². The number of nitrogens with two attached hydrogens (primary N) is 1. The van der Waals surface area contributed by atoms with Gasteiger partial charge in [-0.25, -0.2) is 13.8 Å². The molecule has 4 N–H and O–H groups in total. The number of carbonyl (C=O) groups excluding carboxylic acids is 2. The maximum atomic E-state index is 13.3. The summed E-state index contributed by atoms with van der Waals surface area (Å²) < 4.78 is 31.4. The van der Waals surface area contributed by atoms with Crippen LogP contribution >= 0.6 is 11.8 Å². The molecule has 0 unspecified atom stereocenters. The first-order valence-electron chi connectivity index (χ1n) is 8.82. The number of hydrogen-bond acceptors (Lipinski definition) is 7. The van der Waals surface area contributed by atoms with Crippen LogP contribution in [0.2, 0.25) is 0 Å². The molecule has 160 valence electrons. The van der Waals surface area contributed by atoms with Crippen molar-refractivity contribution in [2.24, 2.45) is 0 Å². The molecular weight excluding hydrogens is 430 g/mol. The van der Waals surface area contributed by atoms with E-state index in [0.717, 1.165) is 29.5 Å². The van der Waals surface area contributed by atoms with Crippen molar-refractivity contribution < 1.29 is 23.1 Å². The summed E-state index contributed by atoms with van der Waals surface area (Å²) in [7, 11) is 0. The molecular formula is C20H16F2N4O4S. The summed E-state index contributed by atoms with van der Waals surface area (Å²) in [5.41, 5.74) is 5.22. The lowest BCUT2D eigenvalue weighted by Crippen LogP contribution is -2.23. The lowest BCUT2D eigenvalue weighted by atomic mass is 10.2. The second kappa shape index (κ2) is 9.85. The normalized spacial score (nSPS) is 10.5.